The number of aromatic nitrogens is 3. The van der Waals surface area contributed by atoms with Crippen LogP contribution < -0.4 is 15.4 Å². The van der Waals surface area contributed by atoms with Gasteiger partial charge in [-0.05, 0) is 25.5 Å². The van der Waals surface area contributed by atoms with E-state index in [0.717, 1.165) is 9.47 Å². The summed E-state index contributed by atoms with van der Waals surface area (Å²) in [6, 6.07) is 0.767. The summed E-state index contributed by atoms with van der Waals surface area (Å²) in [5.74, 6) is -1.57. The molecule has 0 unspecified atom stereocenters. The number of halogens is 4. The molecule has 2 atom stereocenters. The van der Waals surface area contributed by atoms with Gasteiger partial charge in [0.25, 0.3) is 5.56 Å². The molecule has 0 radical (unpaired) electrons. The van der Waals surface area contributed by atoms with Gasteiger partial charge in [0.05, 0.1) is 31.1 Å². The number of hydrogen-bond donors (Lipinski definition) is 0. The van der Waals surface area contributed by atoms with E-state index in [4.69, 9.17) is 4.74 Å². The monoisotopic (exact) mass is 413 g/mol. The van der Waals surface area contributed by atoms with E-state index in [1.807, 2.05) is 0 Å². The Labute approximate surface area is 163 Å². The molecule has 2 aromatic rings. The first-order valence-electron chi connectivity index (χ1n) is 9.19. The molecule has 11 heteroatoms. The van der Waals surface area contributed by atoms with Gasteiger partial charge in [0, 0.05) is 19.3 Å². The van der Waals surface area contributed by atoms with Crippen molar-refractivity contribution in [3.05, 3.63) is 40.7 Å². The van der Waals surface area contributed by atoms with Crippen molar-refractivity contribution in [1.29, 1.82) is 0 Å². The van der Waals surface area contributed by atoms with E-state index in [9.17, 15) is 22.4 Å². The Bertz CT molecular complexity index is 950. The third kappa shape index (κ3) is 3.43. The van der Waals surface area contributed by atoms with Crippen molar-refractivity contribution in [2.45, 2.75) is 38.1 Å². The number of morpholine rings is 1. The molecular formula is C18H19F4N5O2. The van der Waals surface area contributed by atoms with E-state index >= 15 is 0 Å². The Kier molecular flexibility index (Phi) is 4.93. The van der Waals surface area contributed by atoms with Gasteiger partial charge in [-0.1, -0.05) is 0 Å². The zero-order chi connectivity index (χ0) is 20.8. The van der Waals surface area contributed by atoms with Crippen molar-refractivity contribution >= 4 is 17.5 Å². The molecule has 0 N–H and O–H groups in total. The molecule has 0 spiro atoms. The fourth-order valence-corrected chi connectivity index (χ4v) is 3.75. The molecule has 0 amide bonds. The van der Waals surface area contributed by atoms with Crippen LogP contribution in [0.1, 0.15) is 13.3 Å². The molecule has 0 saturated carbocycles. The van der Waals surface area contributed by atoms with Gasteiger partial charge in [0.1, 0.15) is 6.04 Å². The average molecular weight is 413 g/mol. The van der Waals surface area contributed by atoms with E-state index in [1.54, 1.807) is 11.8 Å². The molecule has 156 valence electrons. The zero-order valence-corrected chi connectivity index (χ0v) is 15.6. The minimum atomic E-state index is -4.57. The second-order valence-corrected chi connectivity index (χ2v) is 7.05. The van der Waals surface area contributed by atoms with Gasteiger partial charge in [0.15, 0.2) is 5.82 Å². The number of ether oxygens (including phenoxy) is 1. The molecule has 4 rings (SSSR count). The lowest BCUT2D eigenvalue weighted by molar-refractivity contribution is -0.150. The average Bonchev–Trinajstić information content (AvgIpc) is 2.70. The van der Waals surface area contributed by atoms with Crippen LogP contribution in [0.15, 0.2) is 29.3 Å². The van der Waals surface area contributed by atoms with E-state index in [1.165, 1.54) is 24.5 Å². The van der Waals surface area contributed by atoms with Crippen molar-refractivity contribution in [3.63, 3.8) is 0 Å². The highest BCUT2D eigenvalue weighted by Gasteiger charge is 2.48. The summed E-state index contributed by atoms with van der Waals surface area (Å²) in [6.45, 7) is 2.38. The zero-order valence-electron chi connectivity index (χ0n) is 15.6. The third-order valence-electron chi connectivity index (χ3n) is 5.17. The number of anilines is 3. The molecule has 2 aromatic heterocycles. The SMILES string of the molecule is C[C@@H]1COCCN1c1nc2n(c(=O)c1F)CC[C@@H](C(F)(F)F)N2c1cccnc1. The van der Waals surface area contributed by atoms with Crippen LogP contribution in [0.25, 0.3) is 0 Å². The Hall–Kier alpha value is -2.69. The smallest absolute Gasteiger partial charge is 0.377 e. The summed E-state index contributed by atoms with van der Waals surface area (Å²) >= 11 is 0. The van der Waals surface area contributed by atoms with Crippen LogP contribution in [0.2, 0.25) is 0 Å². The normalized spacial score (nSPS) is 22.5. The summed E-state index contributed by atoms with van der Waals surface area (Å²) in [4.78, 5) is 23.3. The molecule has 2 aliphatic heterocycles. The van der Waals surface area contributed by atoms with Gasteiger partial charge in [-0.2, -0.15) is 22.5 Å². The molecule has 7 nitrogen and oxygen atoms in total. The lowest BCUT2D eigenvalue weighted by atomic mass is 10.1. The molecule has 0 aromatic carbocycles. The van der Waals surface area contributed by atoms with Crippen LogP contribution >= 0.6 is 0 Å². The van der Waals surface area contributed by atoms with Gasteiger partial charge >= 0.3 is 6.18 Å². The molecular weight excluding hydrogens is 394 g/mol. The van der Waals surface area contributed by atoms with Gasteiger partial charge in [0.2, 0.25) is 11.8 Å². The Morgan fingerprint density at radius 3 is 2.72 bits per heavy atom. The number of fused-ring (bicyclic) bond motifs is 1. The Balaban J connectivity index is 1.91. The minimum absolute atomic E-state index is 0.128. The highest BCUT2D eigenvalue weighted by Crippen LogP contribution is 2.39. The van der Waals surface area contributed by atoms with Crippen LogP contribution in [-0.4, -0.2) is 52.6 Å². The predicted molar refractivity (Wildman–Crippen MR) is 96.9 cm³/mol. The van der Waals surface area contributed by atoms with Gasteiger partial charge in [-0.15, -0.1) is 0 Å². The highest BCUT2D eigenvalue weighted by atomic mass is 19.4. The first-order chi connectivity index (χ1) is 13.8. The predicted octanol–water partition coefficient (Wildman–Crippen LogP) is 2.48. The lowest BCUT2D eigenvalue weighted by Crippen LogP contribution is -2.51. The topological polar surface area (TPSA) is 63.5 Å². The van der Waals surface area contributed by atoms with Gasteiger partial charge < -0.3 is 9.64 Å². The second-order valence-electron chi connectivity index (χ2n) is 7.05. The van der Waals surface area contributed by atoms with E-state index in [0.29, 0.717) is 13.2 Å². The molecule has 29 heavy (non-hydrogen) atoms. The third-order valence-corrected chi connectivity index (χ3v) is 5.17. The van der Waals surface area contributed by atoms with Crippen molar-refractivity contribution in [3.8, 4) is 0 Å². The number of nitrogens with zero attached hydrogens (tertiary/aromatic N) is 5. The second kappa shape index (κ2) is 7.29. The summed E-state index contributed by atoms with van der Waals surface area (Å²) < 4.78 is 62.5. The fraction of sp³-hybridized carbons (Fsp3) is 0.500. The van der Waals surface area contributed by atoms with Gasteiger partial charge in [-0.25, -0.2) is 0 Å². The van der Waals surface area contributed by atoms with E-state index in [2.05, 4.69) is 9.97 Å². The maximum Gasteiger partial charge on any atom is 0.409 e. The molecule has 2 aliphatic rings. The molecule has 1 saturated heterocycles. The minimum Gasteiger partial charge on any atom is -0.377 e. The summed E-state index contributed by atoms with van der Waals surface area (Å²) in [5, 5.41) is 0. The Morgan fingerprint density at radius 1 is 1.28 bits per heavy atom. The van der Waals surface area contributed by atoms with E-state index < -0.39 is 30.0 Å². The van der Waals surface area contributed by atoms with Crippen LogP contribution in [-0.2, 0) is 11.3 Å². The van der Waals surface area contributed by atoms with Crippen molar-refractivity contribution in [2.24, 2.45) is 0 Å². The number of alkyl halides is 3. The number of pyridine rings is 1. The lowest BCUT2D eigenvalue weighted by Gasteiger charge is -2.40. The molecule has 0 bridgehead atoms. The molecule has 4 heterocycles. The largest absolute Gasteiger partial charge is 0.409 e. The van der Waals surface area contributed by atoms with Gasteiger partial charge in [-0.3, -0.25) is 19.2 Å². The maximum absolute atomic E-state index is 14.9. The van der Waals surface area contributed by atoms with Crippen LogP contribution in [0.3, 0.4) is 0 Å². The quantitative estimate of drug-likeness (QED) is 0.705. The van der Waals surface area contributed by atoms with Crippen LogP contribution in [0.4, 0.5) is 35.0 Å². The first-order valence-corrected chi connectivity index (χ1v) is 9.19. The standard InChI is InChI=1S/C18H19F4N5O2/c1-11-10-29-8-7-25(11)15-14(19)16(28)26-6-4-13(18(20,21)22)27(17(26)24-15)12-3-2-5-23-9-12/h2-3,5,9,11,13H,4,6-8,10H2,1H3/t11-,13+/m1/s1. The van der Waals surface area contributed by atoms with Crippen molar-refractivity contribution < 1.29 is 22.3 Å². The van der Waals surface area contributed by atoms with Crippen LogP contribution in [0, 0.1) is 5.82 Å². The number of hydrogen-bond acceptors (Lipinski definition) is 6. The van der Waals surface area contributed by atoms with E-state index in [-0.39, 0.29) is 36.6 Å². The summed E-state index contributed by atoms with van der Waals surface area (Å²) in [6.07, 6.45) is -2.28. The van der Waals surface area contributed by atoms with Crippen molar-refractivity contribution in [1.82, 2.24) is 14.5 Å². The molecule has 1 fully saturated rings. The Morgan fingerprint density at radius 2 is 2.07 bits per heavy atom. The summed E-state index contributed by atoms with van der Waals surface area (Å²) in [5.41, 5.74) is -0.860. The number of rotatable bonds is 2. The fourth-order valence-electron chi connectivity index (χ4n) is 3.75. The summed E-state index contributed by atoms with van der Waals surface area (Å²) in [7, 11) is 0. The highest BCUT2D eigenvalue weighted by molar-refractivity contribution is 5.61. The van der Waals surface area contributed by atoms with Crippen LogP contribution in [0.5, 0.6) is 0 Å². The first kappa shape index (κ1) is 19.6. The van der Waals surface area contributed by atoms with Crippen molar-refractivity contribution in [2.75, 3.05) is 29.6 Å². The molecule has 0 aliphatic carbocycles. The maximum atomic E-state index is 14.9.